The van der Waals surface area contributed by atoms with Crippen LogP contribution in [-0.2, 0) is 0 Å². The second-order valence-corrected chi connectivity index (χ2v) is 6.09. The van der Waals surface area contributed by atoms with Crippen molar-refractivity contribution < 1.29 is 10.2 Å². The number of likely N-dealkylation sites (tertiary alicyclic amines) is 1. The maximum absolute atomic E-state index is 10.3. The highest BCUT2D eigenvalue weighted by Gasteiger charge is 2.22. The Balaban J connectivity index is 1.52. The molecule has 1 heterocycles. The Kier molecular flexibility index (Phi) is 4.76. The number of hydrogen-bond donors (Lipinski definition) is 2. The fourth-order valence-corrected chi connectivity index (χ4v) is 3.22. The molecule has 1 aliphatic rings. The Morgan fingerprint density at radius 1 is 0.955 bits per heavy atom. The van der Waals surface area contributed by atoms with Crippen molar-refractivity contribution in [2.45, 2.75) is 24.9 Å². The van der Waals surface area contributed by atoms with Gasteiger partial charge in [0.15, 0.2) is 0 Å². The fraction of sp³-hybridized carbons (Fsp3) is 0.368. The Morgan fingerprint density at radius 3 is 2.23 bits per heavy atom. The van der Waals surface area contributed by atoms with Crippen LogP contribution < -0.4 is 0 Å². The number of aliphatic hydroxyl groups is 1. The molecule has 0 saturated carbocycles. The average Bonchev–Trinajstić information content (AvgIpc) is 2.57. The topological polar surface area (TPSA) is 43.7 Å². The summed E-state index contributed by atoms with van der Waals surface area (Å²) in [5.41, 5.74) is 2.30. The summed E-state index contributed by atoms with van der Waals surface area (Å²) in [5, 5.41) is 19.7. The lowest BCUT2D eigenvalue weighted by molar-refractivity contribution is 0.0972. The molecule has 116 valence electrons. The van der Waals surface area contributed by atoms with E-state index >= 15 is 0 Å². The average molecular weight is 297 g/mol. The summed E-state index contributed by atoms with van der Waals surface area (Å²) in [6.07, 6.45) is 1.80. The number of nitrogens with zero attached hydrogens (tertiary/aromatic N) is 1. The molecule has 2 N–H and O–H groups in total. The predicted molar refractivity (Wildman–Crippen MR) is 87.9 cm³/mol. The summed E-state index contributed by atoms with van der Waals surface area (Å²) in [6.45, 7) is 2.72. The van der Waals surface area contributed by atoms with Gasteiger partial charge in [0.05, 0.1) is 6.10 Å². The molecule has 0 aliphatic carbocycles. The molecule has 3 heteroatoms. The van der Waals surface area contributed by atoms with Crippen LogP contribution in [0.15, 0.2) is 54.6 Å². The van der Waals surface area contributed by atoms with E-state index in [9.17, 15) is 10.2 Å². The lowest BCUT2D eigenvalue weighted by Crippen LogP contribution is -2.36. The first-order chi connectivity index (χ1) is 10.7. The summed E-state index contributed by atoms with van der Waals surface area (Å²) in [5.74, 6) is 0.887. The summed E-state index contributed by atoms with van der Waals surface area (Å²) < 4.78 is 0. The molecule has 22 heavy (non-hydrogen) atoms. The highest BCUT2D eigenvalue weighted by atomic mass is 16.3. The van der Waals surface area contributed by atoms with Crippen LogP contribution in [0.3, 0.4) is 0 Å². The van der Waals surface area contributed by atoms with Gasteiger partial charge in [-0.05, 0) is 55.1 Å². The Bertz CT molecular complexity index is 574. The molecule has 3 rings (SSSR count). The van der Waals surface area contributed by atoms with E-state index in [-0.39, 0.29) is 0 Å². The lowest BCUT2D eigenvalue weighted by atomic mass is 9.89. The van der Waals surface area contributed by atoms with E-state index in [1.54, 1.807) is 12.1 Å². The third-order valence-electron chi connectivity index (χ3n) is 4.57. The number of aliphatic hydroxyl groups excluding tert-OH is 1. The van der Waals surface area contributed by atoms with E-state index in [2.05, 4.69) is 4.90 Å². The monoisotopic (exact) mass is 297 g/mol. The van der Waals surface area contributed by atoms with Gasteiger partial charge < -0.3 is 15.1 Å². The second-order valence-electron chi connectivity index (χ2n) is 6.09. The van der Waals surface area contributed by atoms with Gasteiger partial charge >= 0.3 is 0 Å². The largest absolute Gasteiger partial charge is 0.508 e. The van der Waals surface area contributed by atoms with Crippen molar-refractivity contribution in [1.29, 1.82) is 0 Å². The van der Waals surface area contributed by atoms with Gasteiger partial charge in [-0.1, -0.05) is 42.5 Å². The Hall–Kier alpha value is -1.84. The van der Waals surface area contributed by atoms with Crippen LogP contribution in [0.1, 0.15) is 36.0 Å². The fourth-order valence-electron chi connectivity index (χ4n) is 3.22. The van der Waals surface area contributed by atoms with Crippen molar-refractivity contribution in [3.05, 3.63) is 65.7 Å². The van der Waals surface area contributed by atoms with Crippen molar-refractivity contribution in [2.75, 3.05) is 19.6 Å². The highest BCUT2D eigenvalue weighted by molar-refractivity contribution is 5.28. The molecular formula is C19H23NO2. The number of piperidine rings is 1. The summed E-state index contributed by atoms with van der Waals surface area (Å²) in [4.78, 5) is 2.34. The van der Waals surface area contributed by atoms with Gasteiger partial charge in [0.1, 0.15) is 5.75 Å². The molecule has 0 radical (unpaired) electrons. The lowest BCUT2D eigenvalue weighted by Gasteiger charge is -2.33. The summed E-state index contributed by atoms with van der Waals surface area (Å²) >= 11 is 0. The molecule has 0 spiro atoms. The van der Waals surface area contributed by atoms with Gasteiger partial charge in [-0.2, -0.15) is 0 Å². The number of aromatic hydroxyl groups is 1. The van der Waals surface area contributed by atoms with Crippen molar-refractivity contribution >= 4 is 0 Å². The molecule has 1 saturated heterocycles. The molecule has 1 aliphatic heterocycles. The third kappa shape index (κ3) is 3.67. The normalized spacial score (nSPS) is 18.2. The molecule has 1 atom stereocenters. The van der Waals surface area contributed by atoms with Crippen LogP contribution in [0.25, 0.3) is 0 Å². The van der Waals surface area contributed by atoms with Crippen LogP contribution in [0.5, 0.6) is 5.75 Å². The summed E-state index contributed by atoms with van der Waals surface area (Å²) in [7, 11) is 0. The molecule has 0 amide bonds. The van der Waals surface area contributed by atoms with Crippen molar-refractivity contribution in [3.8, 4) is 5.75 Å². The zero-order chi connectivity index (χ0) is 15.4. The van der Waals surface area contributed by atoms with Crippen molar-refractivity contribution in [1.82, 2.24) is 4.90 Å². The van der Waals surface area contributed by atoms with E-state index < -0.39 is 6.10 Å². The molecule has 0 bridgehead atoms. The van der Waals surface area contributed by atoms with Gasteiger partial charge in [-0.15, -0.1) is 0 Å². The standard InChI is InChI=1S/C19H23NO2/c21-18-8-6-15(7-9-18)16-10-12-20(13-11-16)14-19(22)17-4-2-1-3-5-17/h1-9,16,19,21-22H,10-14H2. The van der Waals surface area contributed by atoms with Crippen LogP contribution >= 0.6 is 0 Å². The molecule has 1 fully saturated rings. The quantitative estimate of drug-likeness (QED) is 0.910. The number of β-amino-alcohol motifs (C(OH)–C–C–N with tert-alkyl or cyclic N) is 1. The Labute approximate surface area is 131 Å². The van der Waals surface area contributed by atoms with E-state index in [1.165, 1.54) is 5.56 Å². The third-order valence-corrected chi connectivity index (χ3v) is 4.57. The maximum Gasteiger partial charge on any atom is 0.115 e. The van der Waals surface area contributed by atoms with E-state index in [0.29, 0.717) is 18.2 Å². The van der Waals surface area contributed by atoms with Gasteiger partial charge in [-0.3, -0.25) is 0 Å². The zero-order valence-corrected chi connectivity index (χ0v) is 12.7. The first-order valence-electron chi connectivity index (χ1n) is 7.96. The van der Waals surface area contributed by atoms with Crippen LogP contribution in [0, 0.1) is 0 Å². The van der Waals surface area contributed by atoms with Gasteiger partial charge in [0, 0.05) is 6.54 Å². The van der Waals surface area contributed by atoms with Gasteiger partial charge in [0.25, 0.3) is 0 Å². The van der Waals surface area contributed by atoms with Gasteiger partial charge in [-0.25, -0.2) is 0 Å². The van der Waals surface area contributed by atoms with Crippen molar-refractivity contribution in [2.24, 2.45) is 0 Å². The highest BCUT2D eigenvalue weighted by Crippen LogP contribution is 2.29. The minimum Gasteiger partial charge on any atom is -0.508 e. The van der Waals surface area contributed by atoms with Crippen molar-refractivity contribution in [3.63, 3.8) is 0 Å². The number of phenols is 1. The first-order valence-corrected chi connectivity index (χ1v) is 7.96. The Morgan fingerprint density at radius 2 is 1.59 bits per heavy atom. The van der Waals surface area contributed by atoms with Crippen LogP contribution in [0.4, 0.5) is 0 Å². The van der Waals surface area contributed by atoms with Crippen LogP contribution in [0.2, 0.25) is 0 Å². The molecule has 0 aromatic heterocycles. The minimum absolute atomic E-state index is 0.326. The molecule has 2 aromatic rings. The predicted octanol–water partition coefficient (Wildman–Crippen LogP) is 3.31. The molecule has 2 aromatic carbocycles. The number of phenolic OH excluding ortho intramolecular Hbond substituents is 1. The van der Waals surface area contributed by atoms with E-state index in [1.807, 2.05) is 42.5 Å². The maximum atomic E-state index is 10.3. The second kappa shape index (κ2) is 6.95. The summed E-state index contributed by atoms with van der Waals surface area (Å²) in [6, 6.07) is 17.4. The smallest absolute Gasteiger partial charge is 0.115 e. The SMILES string of the molecule is Oc1ccc(C2CCN(CC(O)c3ccccc3)CC2)cc1. The molecule has 3 nitrogen and oxygen atoms in total. The first kappa shape index (κ1) is 15.1. The minimum atomic E-state index is -0.411. The molecule has 1 unspecified atom stereocenters. The molecular weight excluding hydrogens is 274 g/mol. The number of benzene rings is 2. The van der Waals surface area contributed by atoms with Crippen LogP contribution in [-0.4, -0.2) is 34.7 Å². The van der Waals surface area contributed by atoms with E-state index in [4.69, 9.17) is 0 Å². The zero-order valence-electron chi connectivity index (χ0n) is 12.7. The van der Waals surface area contributed by atoms with E-state index in [0.717, 1.165) is 31.5 Å². The number of hydrogen-bond acceptors (Lipinski definition) is 3. The number of rotatable bonds is 4. The van der Waals surface area contributed by atoms with Gasteiger partial charge in [0.2, 0.25) is 0 Å².